The summed E-state index contributed by atoms with van der Waals surface area (Å²) < 4.78 is 5.09. The van der Waals surface area contributed by atoms with Gasteiger partial charge in [0.2, 0.25) is 0 Å². The topological polar surface area (TPSA) is 75.2 Å². The quantitative estimate of drug-likeness (QED) is 0.571. The molecule has 88 valence electrons. The summed E-state index contributed by atoms with van der Waals surface area (Å²) in [6.07, 6.45) is 1.65. The molecule has 0 bridgehead atoms. The largest absolute Gasteiger partial charge is 0.384 e. The van der Waals surface area contributed by atoms with Gasteiger partial charge in [0, 0.05) is 25.9 Å². The SMILES string of the molecule is COCC(C)N(C)c1cc(C(=N)N)ccn1. The lowest BCUT2D eigenvalue weighted by atomic mass is 10.2. The second kappa shape index (κ2) is 5.46. The summed E-state index contributed by atoms with van der Waals surface area (Å²) in [7, 11) is 3.61. The number of anilines is 1. The van der Waals surface area contributed by atoms with Gasteiger partial charge in [0.15, 0.2) is 0 Å². The Morgan fingerprint density at radius 2 is 2.38 bits per heavy atom. The van der Waals surface area contributed by atoms with E-state index in [2.05, 4.69) is 4.98 Å². The first-order chi connectivity index (χ1) is 7.56. The molecule has 0 radical (unpaired) electrons. The smallest absolute Gasteiger partial charge is 0.129 e. The number of rotatable bonds is 5. The van der Waals surface area contributed by atoms with Gasteiger partial charge in [-0.05, 0) is 19.1 Å². The number of nitrogens with zero attached hydrogens (tertiary/aromatic N) is 2. The maximum Gasteiger partial charge on any atom is 0.129 e. The zero-order chi connectivity index (χ0) is 12.1. The van der Waals surface area contributed by atoms with Crippen molar-refractivity contribution in [3.05, 3.63) is 23.9 Å². The second-order valence-corrected chi connectivity index (χ2v) is 3.73. The predicted molar refractivity (Wildman–Crippen MR) is 65.0 cm³/mol. The molecule has 16 heavy (non-hydrogen) atoms. The van der Waals surface area contributed by atoms with Crippen LogP contribution in [0.2, 0.25) is 0 Å². The summed E-state index contributed by atoms with van der Waals surface area (Å²) in [6.45, 7) is 2.67. The number of likely N-dealkylation sites (N-methyl/N-ethyl adjacent to an activating group) is 1. The monoisotopic (exact) mass is 222 g/mol. The van der Waals surface area contributed by atoms with Crippen molar-refractivity contribution in [1.29, 1.82) is 5.41 Å². The van der Waals surface area contributed by atoms with E-state index in [0.29, 0.717) is 12.2 Å². The van der Waals surface area contributed by atoms with Crippen LogP contribution in [0, 0.1) is 5.41 Å². The van der Waals surface area contributed by atoms with E-state index in [9.17, 15) is 0 Å². The zero-order valence-electron chi connectivity index (χ0n) is 9.90. The fourth-order valence-electron chi connectivity index (χ4n) is 1.36. The van der Waals surface area contributed by atoms with Crippen molar-refractivity contribution in [3.63, 3.8) is 0 Å². The van der Waals surface area contributed by atoms with Gasteiger partial charge in [0.05, 0.1) is 12.6 Å². The number of pyridine rings is 1. The Kier molecular flexibility index (Phi) is 4.25. The van der Waals surface area contributed by atoms with Crippen LogP contribution < -0.4 is 10.6 Å². The molecular formula is C11H18N4O. The fraction of sp³-hybridized carbons (Fsp3) is 0.455. The van der Waals surface area contributed by atoms with Crippen LogP contribution in [0.5, 0.6) is 0 Å². The van der Waals surface area contributed by atoms with Crippen LogP contribution in [0.4, 0.5) is 5.82 Å². The van der Waals surface area contributed by atoms with E-state index in [4.69, 9.17) is 15.9 Å². The summed E-state index contributed by atoms with van der Waals surface area (Å²) in [6, 6.07) is 3.74. The first kappa shape index (κ1) is 12.4. The average Bonchev–Trinajstić information content (AvgIpc) is 2.28. The maximum atomic E-state index is 7.37. The second-order valence-electron chi connectivity index (χ2n) is 3.73. The Morgan fingerprint density at radius 1 is 1.69 bits per heavy atom. The van der Waals surface area contributed by atoms with Crippen LogP contribution in [0.15, 0.2) is 18.3 Å². The number of amidine groups is 1. The molecule has 0 aliphatic rings. The molecule has 1 heterocycles. The first-order valence-corrected chi connectivity index (χ1v) is 5.08. The maximum absolute atomic E-state index is 7.37. The molecule has 0 aliphatic heterocycles. The number of ether oxygens (including phenoxy) is 1. The van der Waals surface area contributed by atoms with Gasteiger partial charge >= 0.3 is 0 Å². The van der Waals surface area contributed by atoms with Crippen molar-refractivity contribution in [2.45, 2.75) is 13.0 Å². The Morgan fingerprint density at radius 3 is 2.94 bits per heavy atom. The molecule has 1 rings (SSSR count). The Hall–Kier alpha value is -1.62. The summed E-state index contributed by atoms with van der Waals surface area (Å²) in [5.41, 5.74) is 6.11. The third kappa shape index (κ3) is 2.93. The highest BCUT2D eigenvalue weighted by molar-refractivity contribution is 5.95. The van der Waals surface area contributed by atoms with E-state index >= 15 is 0 Å². The van der Waals surface area contributed by atoms with E-state index in [1.54, 1.807) is 25.4 Å². The third-order valence-electron chi connectivity index (χ3n) is 2.49. The highest BCUT2D eigenvalue weighted by Gasteiger charge is 2.11. The van der Waals surface area contributed by atoms with Crippen LogP contribution in [-0.2, 0) is 4.74 Å². The molecule has 5 nitrogen and oxygen atoms in total. The van der Waals surface area contributed by atoms with E-state index < -0.39 is 0 Å². The first-order valence-electron chi connectivity index (χ1n) is 5.08. The van der Waals surface area contributed by atoms with Gasteiger partial charge in [-0.2, -0.15) is 0 Å². The number of nitrogens with one attached hydrogen (secondary N) is 1. The van der Waals surface area contributed by atoms with Crippen LogP contribution in [0.1, 0.15) is 12.5 Å². The van der Waals surface area contributed by atoms with Gasteiger partial charge in [-0.1, -0.05) is 0 Å². The molecule has 0 amide bonds. The molecule has 1 aromatic heterocycles. The fourth-order valence-corrected chi connectivity index (χ4v) is 1.36. The lowest BCUT2D eigenvalue weighted by Crippen LogP contribution is -2.33. The van der Waals surface area contributed by atoms with Crippen LogP contribution in [0.25, 0.3) is 0 Å². The van der Waals surface area contributed by atoms with Gasteiger partial charge in [0.1, 0.15) is 11.7 Å². The molecule has 1 unspecified atom stereocenters. The summed E-state index contributed by atoms with van der Waals surface area (Å²) in [4.78, 5) is 6.24. The number of hydrogen-bond acceptors (Lipinski definition) is 4. The van der Waals surface area contributed by atoms with Crippen molar-refractivity contribution in [2.24, 2.45) is 5.73 Å². The average molecular weight is 222 g/mol. The van der Waals surface area contributed by atoms with E-state index in [1.807, 2.05) is 18.9 Å². The van der Waals surface area contributed by atoms with Gasteiger partial charge < -0.3 is 15.4 Å². The van der Waals surface area contributed by atoms with Gasteiger partial charge in [0.25, 0.3) is 0 Å². The minimum absolute atomic E-state index is 0.0523. The number of nitrogens with two attached hydrogens (primary N) is 1. The molecule has 0 aromatic carbocycles. The number of nitrogen functional groups attached to an aromatic ring is 1. The highest BCUT2D eigenvalue weighted by atomic mass is 16.5. The molecular weight excluding hydrogens is 204 g/mol. The van der Waals surface area contributed by atoms with E-state index in [1.165, 1.54) is 0 Å². The molecule has 1 aromatic rings. The van der Waals surface area contributed by atoms with Crippen LogP contribution in [-0.4, -0.2) is 37.6 Å². The normalized spacial score (nSPS) is 12.2. The van der Waals surface area contributed by atoms with Gasteiger partial charge in [-0.15, -0.1) is 0 Å². The minimum Gasteiger partial charge on any atom is -0.384 e. The Balaban J connectivity index is 2.86. The van der Waals surface area contributed by atoms with Crippen LogP contribution >= 0.6 is 0 Å². The minimum atomic E-state index is 0.0523. The third-order valence-corrected chi connectivity index (χ3v) is 2.49. The zero-order valence-corrected chi connectivity index (χ0v) is 9.90. The number of hydrogen-bond donors (Lipinski definition) is 2. The van der Waals surface area contributed by atoms with Crippen molar-refractivity contribution in [3.8, 4) is 0 Å². The molecule has 0 fully saturated rings. The summed E-state index contributed by atoms with van der Waals surface area (Å²) in [5.74, 6) is 0.841. The lowest BCUT2D eigenvalue weighted by molar-refractivity contribution is 0.183. The van der Waals surface area contributed by atoms with Gasteiger partial charge in [-0.25, -0.2) is 4.98 Å². The van der Waals surface area contributed by atoms with E-state index in [0.717, 1.165) is 5.82 Å². The standard InChI is InChI=1S/C11H18N4O/c1-8(7-16-3)15(2)10-6-9(11(12)13)4-5-14-10/h4-6,8H,7H2,1-3H3,(H3,12,13). The number of aromatic nitrogens is 1. The number of methoxy groups -OCH3 is 1. The molecule has 1 atom stereocenters. The highest BCUT2D eigenvalue weighted by Crippen LogP contribution is 2.13. The Labute approximate surface area is 95.7 Å². The molecule has 0 saturated heterocycles. The summed E-state index contributed by atoms with van der Waals surface area (Å²) in [5, 5.41) is 7.37. The Bertz CT molecular complexity index is 367. The van der Waals surface area contributed by atoms with Crippen molar-refractivity contribution in [2.75, 3.05) is 25.7 Å². The van der Waals surface area contributed by atoms with Crippen molar-refractivity contribution >= 4 is 11.7 Å². The van der Waals surface area contributed by atoms with Crippen molar-refractivity contribution in [1.82, 2.24) is 4.98 Å². The van der Waals surface area contributed by atoms with Crippen LogP contribution in [0.3, 0.4) is 0 Å². The lowest BCUT2D eigenvalue weighted by Gasteiger charge is -2.25. The molecule has 5 heteroatoms. The molecule has 3 N–H and O–H groups in total. The van der Waals surface area contributed by atoms with E-state index in [-0.39, 0.29) is 11.9 Å². The van der Waals surface area contributed by atoms with Crippen molar-refractivity contribution < 1.29 is 4.74 Å². The summed E-state index contributed by atoms with van der Waals surface area (Å²) >= 11 is 0. The molecule has 0 spiro atoms. The molecule has 0 aliphatic carbocycles. The van der Waals surface area contributed by atoms with Gasteiger partial charge in [-0.3, -0.25) is 5.41 Å². The predicted octanol–water partition coefficient (Wildman–Crippen LogP) is 0.837. The molecule has 0 saturated carbocycles.